The normalized spacial score (nSPS) is 10.4. The van der Waals surface area contributed by atoms with Crippen molar-refractivity contribution in [2.75, 3.05) is 31.4 Å². The van der Waals surface area contributed by atoms with Crippen LogP contribution in [0.25, 0.3) is 0 Å². The summed E-state index contributed by atoms with van der Waals surface area (Å²) in [6.45, 7) is 5.24. The van der Waals surface area contributed by atoms with Crippen LogP contribution in [0.15, 0.2) is 36.5 Å². The van der Waals surface area contributed by atoms with Crippen molar-refractivity contribution >= 4 is 17.4 Å². The highest BCUT2D eigenvalue weighted by molar-refractivity contribution is 6.04. The smallest absolute Gasteiger partial charge is 0.255 e. The molecule has 1 heterocycles. The number of carbonyl (C=O) groups excluding carboxylic acids is 1. The number of rotatable bonds is 8. The fraction of sp³-hybridized carbons (Fsp3) is 0.368. The van der Waals surface area contributed by atoms with Crippen LogP contribution in [0.3, 0.4) is 0 Å². The Kier molecular flexibility index (Phi) is 6.62. The lowest BCUT2D eigenvalue weighted by atomic mass is 10.1. The molecule has 0 unspecified atom stereocenters. The Hall–Kier alpha value is -2.76. The van der Waals surface area contributed by atoms with Crippen LogP contribution < -0.4 is 20.1 Å². The Bertz CT molecular complexity index is 700. The van der Waals surface area contributed by atoms with Crippen molar-refractivity contribution in [3.8, 4) is 11.5 Å². The predicted molar refractivity (Wildman–Crippen MR) is 99.7 cm³/mol. The molecule has 0 saturated heterocycles. The molecule has 0 aliphatic carbocycles. The van der Waals surface area contributed by atoms with Crippen molar-refractivity contribution in [1.29, 1.82) is 0 Å². The molecule has 0 bridgehead atoms. The van der Waals surface area contributed by atoms with Crippen molar-refractivity contribution in [3.63, 3.8) is 0 Å². The van der Waals surface area contributed by atoms with Gasteiger partial charge in [0.1, 0.15) is 5.82 Å². The van der Waals surface area contributed by atoms with E-state index in [1.165, 1.54) is 7.11 Å². The van der Waals surface area contributed by atoms with Gasteiger partial charge >= 0.3 is 0 Å². The molecular formula is C19H25N3O3. The number of hydrogen-bond acceptors (Lipinski definition) is 5. The van der Waals surface area contributed by atoms with Crippen LogP contribution >= 0.6 is 0 Å². The molecule has 134 valence electrons. The first-order chi connectivity index (χ1) is 12.0. The Labute approximate surface area is 148 Å². The molecule has 0 saturated carbocycles. The number of nitrogens with one attached hydrogen (secondary N) is 2. The van der Waals surface area contributed by atoms with Gasteiger partial charge in [-0.15, -0.1) is 0 Å². The molecule has 1 aromatic heterocycles. The summed E-state index contributed by atoms with van der Waals surface area (Å²) in [5, 5.41) is 6.08. The first-order valence-corrected chi connectivity index (χ1v) is 8.26. The van der Waals surface area contributed by atoms with Gasteiger partial charge in [0.25, 0.3) is 5.91 Å². The number of pyridine rings is 1. The minimum Gasteiger partial charge on any atom is -0.493 e. The van der Waals surface area contributed by atoms with E-state index in [0.717, 1.165) is 18.8 Å². The van der Waals surface area contributed by atoms with Gasteiger partial charge in [-0.05, 0) is 42.7 Å². The van der Waals surface area contributed by atoms with E-state index in [9.17, 15) is 4.79 Å². The summed E-state index contributed by atoms with van der Waals surface area (Å²) in [6.07, 6.45) is 2.72. The molecule has 2 aromatic rings. The van der Waals surface area contributed by atoms with E-state index in [2.05, 4.69) is 29.5 Å². The van der Waals surface area contributed by atoms with Crippen LogP contribution in [0.2, 0.25) is 0 Å². The number of aromatic nitrogens is 1. The average Bonchev–Trinajstić information content (AvgIpc) is 2.62. The summed E-state index contributed by atoms with van der Waals surface area (Å²) < 4.78 is 10.4. The monoisotopic (exact) mass is 343 g/mol. The zero-order chi connectivity index (χ0) is 18.2. The lowest BCUT2D eigenvalue weighted by Gasteiger charge is -2.11. The molecule has 25 heavy (non-hydrogen) atoms. The average molecular weight is 343 g/mol. The maximum Gasteiger partial charge on any atom is 0.255 e. The number of hydrogen-bond donors (Lipinski definition) is 2. The van der Waals surface area contributed by atoms with E-state index < -0.39 is 0 Å². The summed E-state index contributed by atoms with van der Waals surface area (Å²) in [4.78, 5) is 16.7. The quantitative estimate of drug-likeness (QED) is 0.762. The lowest BCUT2D eigenvalue weighted by molar-refractivity contribution is 0.102. The Balaban J connectivity index is 1.98. The molecule has 2 N–H and O–H groups in total. The second-order valence-electron chi connectivity index (χ2n) is 6.07. The van der Waals surface area contributed by atoms with E-state index in [0.29, 0.717) is 28.7 Å². The molecule has 2 rings (SSSR count). The largest absolute Gasteiger partial charge is 0.493 e. The Morgan fingerprint density at radius 3 is 2.48 bits per heavy atom. The second-order valence-corrected chi connectivity index (χ2v) is 6.07. The highest BCUT2D eigenvalue weighted by Crippen LogP contribution is 2.27. The molecule has 1 aromatic carbocycles. The zero-order valence-electron chi connectivity index (χ0n) is 15.1. The van der Waals surface area contributed by atoms with Gasteiger partial charge in [0, 0.05) is 12.1 Å². The van der Waals surface area contributed by atoms with Gasteiger partial charge in [0.2, 0.25) is 0 Å². The highest BCUT2D eigenvalue weighted by atomic mass is 16.5. The fourth-order valence-electron chi connectivity index (χ4n) is 2.24. The maximum absolute atomic E-state index is 12.4. The molecule has 1 amide bonds. The number of amides is 1. The first-order valence-electron chi connectivity index (χ1n) is 8.26. The van der Waals surface area contributed by atoms with Gasteiger partial charge in [-0.25, -0.2) is 4.98 Å². The number of ether oxygens (including phenoxy) is 2. The number of methoxy groups -OCH3 is 2. The van der Waals surface area contributed by atoms with Gasteiger partial charge in [-0.3, -0.25) is 4.79 Å². The minimum absolute atomic E-state index is 0.233. The van der Waals surface area contributed by atoms with Crippen LogP contribution in [0.5, 0.6) is 11.5 Å². The molecule has 0 aliphatic rings. The van der Waals surface area contributed by atoms with Crippen molar-refractivity contribution in [1.82, 2.24) is 4.98 Å². The van der Waals surface area contributed by atoms with Crippen LogP contribution in [-0.4, -0.2) is 31.7 Å². The highest BCUT2D eigenvalue weighted by Gasteiger charge is 2.11. The standard InChI is InChI=1S/C19H25N3O3/c1-13(2)9-10-20-18-8-6-15(12-21-18)22-19(23)14-5-7-16(24-3)17(11-14)25-4/h5-8,11-13H,9-10H2,1-4H3,(H,20,21)(H,22,23). The number of benzene rings is 1. The van der Waals surface area contributed by atoms with Crippen LogP contribution in [0, 0.1) is 5.92 Å². The van der Waals surface area contributed by atoms with Gasteiger partial charge in [-0.2, -0.15) is 0 Å². The third-order valence-electron chi connectivity index (χ3n) is 3.69. The molecule has 0 fully saturated rings. The van der Waals surface area contributed by atoms with E-state index in [-0.39, 0.29) is 5.91 Å². The fourth-order valence-corrected chi connectivity index (χ4v) is 2.24. The molecule has 0 atom stereocenters. The Morgan fingerprint density at radius 2 is 1.88 bits per heavy atom. The number of nitrogens with zero attached hydrogens (tertiary/aromatic N) is 1. The molecule has 0 aliphatic heterocycles. The summed E-state index contributed by atoms with van der Waals surface area (Å²) in [6, 6.07) is 8.71. The third kappa shape index (κ3) is 5.38. The van der Waals surface area contributed by atoms with Crippen LogP contribution in [-0.2, 0) is 0 Å². The number of anilines is 2. The lowest BCUT2D eigenvalue weighted by Crippen LogP contribution is -2.12. The van der Waals surface area contributed by atoms with Gasteiger partial charge < -0.3 is 20.1 Å². The molecule has 6 nitrogen and oxygen atoms in total. The SMILES string of the molecule is COc1ccc(C(=O)Nc2ccc(NCCC(C)C)nc2)cc1OC. The molecule has 0 spiro atoms. The zero-order valence-corrected chi connectivity index (χ0v) is 15.1. The third-order valence-corrected chi connectivity index (χ3v) is 3.69. The second kappa shape index (κ2) is 8.92. The summed E-state index contributed by atoms with van der Waals surface area (Å²) in [5.74, 6) is 2.30. The molecule has 6 heteroatoms. The number of carbonyl (C=O) groups is 1. The van der Waals surface area contributed by atoms with E-state index in [1.54, 1.807) is 31.5 Å². The van der Waals surface area contributed by atoms with Gasteiger partial charge in [0.05, 0.1) is 26.1 Å². The topological polar surface area (TPSA) is 72.5 Å². The van der Waals surface area contributed by atoms with E-state index in [4.69, 9.17) is 9.47 Å². The maximum atomic E-state index is 12.4. The van der Waals surface area contributed by atoms with Gasteiger partial charge in [0.15, 0.2) is 11.5 Å². The van der Waals surface area contributed by atoms with Gasteiger partial charge in [-0.1, -0.05) is 13.8 Å². The summed E-state index contributed by atoms with van der Waals surface area (Å²) in [7, 11) is 3.09. The van der Waals surface area contributed by atoms with Crippen LogP contribution in [0.1, 0.15) is 30.6 Å². The van der Waals surface area contributed by atoms with Crippen molar-refractivity contribution < 1.29 is 14.3 Å². The van der Waals surface area contributed by atoms with E-state index in [1.807, 2.05) is 12.1 Å². The van der Waals surface area contributed by atoms with Crippen molar-refractivity contribution in [3.05, 3.63) is 42.1 Å². The minimum atomic E-state index is -0.233. The van der Waals surface area contributed by atoms with Crippen LogP contribution in [0.4, 0.5) is 11.5 Å². The first kappa shape index (κ1) is 18.6. The molecular weight excluding hydrogens is 318 g/mol. The predicted octanol–water partition coefficient (Wildman–Crippen LogP) is 3.81. The summed E-state index contributed by atoms with van der Waals surface area (Å²) in [5.41, 5.74) is 1.12. The van der Waals surface area contributed by atoms with Crippen molar-refractivity contribution in [2.24, 2.45) is 5.92 Å². The molecule has 0 radical (unpaired) electrons. The van der Waals surface area contributed by atoms with Crippen molar-refractivity contribution in [2.45, 2.75) is 20.3 Å². The van der Waals surface area contributed by atoms with E-state index >= 15 is 0 Å². The Morgan fingerprint density at radius 1 is 1.12 bits per heavy atom. The summed E-state index contributed by atoms with van der Waals surface area (Å²) >= 11 is 0.